The number of carbonyl (C=O) groups excluding carboxylic acids is 2. The predicted molar refractivity (Wildman–Crippen MR) is 127 cm³/mol. The fourth-order valence-corrected chi connectivity index (χ4v) is 4.90. The second-order valence-corrected chi connectivity index (χ2v) is 9.70. The zero-order valence-electron chi connectivity index (χ0n) is 17.2. The molecule has 0 saturated carbocycles. The molecule has 0 spiro atoms. The number of thioether (sulfide) groups is 1. The van der Waals surface area contributed by atoms with Gasteiger partial charge < -0.3 is 10.2 Å². The number of benzene rings is 2. The largest absolute Gasteiger partial charge is 0.355 e. The van der Waals surface area contributed by atoms with E-state index >= 15 is 0 Å². The Morgan fingerprint density at radius 1 is 1.00 bits per heavy atom. The van der Waals surface area contributed by atoms with E-state index < -0.39 is 0 Å². The number of nitrogens with one attached hydrogen (secondary N) is 1. The molecule has 1 saturated heterocycles. The third-order valence-corrected chi connectivity index (χ3v) is 7.08. The summed E-state index contributed by atoms with van der Waals surface area (Å²) in [5.74, 6) is 0.879. The summed E-state index contributed by atoms with van der Waals surface area (Å²) in [6.07, 6.45) is 6.04. The molecule has 2 aromatic rings. The van der Waals surface area contributed by atoms with E-state index in [2.05, 4.69) is 57.6 Å². The van der Waals surface area contributed by atoms with Crippen molar-refractivity contribution in [3.8, 4) is 0 Å². The Hall–Kier alpha value is -1.79. The Morgan fingerprint density at radius 2 is 1.73 bits per heavy atom. The topological polar surface area (TPSA) is 49.4 Å². The van der Waals surface area contributed by atoms with Crippen LogP contribution in [0.5, 0.6) is 0 Å². The van der Waals surface area contributed by atoms with Gasteiger partial charge in [0.1, 0.15) is 6.54 Å². The van der Waals surface area contributed by atoms with Gasteiger partial charge in [0.05, 0.1) is 11.8 Å². The summed E-state index contributed by atoms with van der Waals surface area (Å²) in [7, 11) is 0. The molecular weight excluding hydrogens is 460 g/mol. The Balaban J connectivity index is 1.24. The molecule has 1 heterocycles. The van der Waals surface area contributed by atoms with Crippen LogP contribution in [0.25, 0.3) is 0 Å². The molecule has 1 fully saturated rings. The number of amides is 2. The molecule has 1 aliphatic rings. The normalized spacial score (nSPS) is 15.7. The van der Waals surface area contributed by atoms with Gasteiger partial charge >= 0.3 is 0 Å². The van der Waals surface area contributed by atoms with Gasteiger partial charge in [-0.15, -0.1) is 11.8 Å². The first-order chi connectivity index (χ1) is 14.6. The van der Waals surface area contributed by atoms with Gasteiger partial charge in [-0.25, -0.2) is 0 Å². The summed E-state index contributed by atoms with van der Waals surface area (Å²) >= 11 is 5.19. The quantitative estimate of drug-likeness (QED) is 0.331. The zero-order chi connectivity index (χ0) is 21.2. The van der Waals surface area contributed by atoms with Crippen molar-refractivity contribution in [2.24, 2.45) is 0 Å². The van der Waals surface area contributed by atoms with Crippen LogP contribution in [0.3, 0.4) is 0 Å². The summed E-state index contributed by atoms with van der Waals surface area (Å²) in [4.78, 5) is 25.8. The minimum atomic E-state index is -0.0526. The van der Waals surface area contributed by atoms with Gasteiger partial charge in [-0.3, -0.25) is 9.59 Å². The SMILES string of the molecule is O=C(CN1C(=O)CC1SCc1ccccc1)NCCCCCCc1ccc(Br)cc1. The molecular formula is C24H29BrN2O2S. The first-order valence-corrected chi connectivity index (χ1v) is 12.4. The van der Waals surface area contributed by atoms with Gasteiger partial charge in [0.2, 0.25) is 11.8 Å². The smallest absolute Gasteiger partial charge is 0.239 e. The van der Waals surface area contributed by atoms with Crippen LogP contribution in [0.1, 0.15) is 43.2 Å². The lowest BCUT2D eigenvalue weighted by Gasteiger charge is -2.39. The van der Waals surface area contributed by atoms with Crippen molar-refractivity contribution in [3.05, 3.63) is 70.2 Å². The average molecular weight is 489 g/mol. The maximum atomic E-state index is 12.2. The van der Waals surface area contributed by atoms with Crippen LogP contribution in [0, 0.1) is 0 Å². The third kappa shape index (κ3) is 7.47. The molecule has 3 rings (SSSR count). The molecule has 4 nitrogen and oxygen atoms in total. The van der Waals surface area contributed by atoms with Gasteiger partial charge in [0.15, 0.2) is 0 Å². The molecule has 1 atom stereocenters. The summed E-state index contributed by atoms with van der Waals surface area (Å²) < 4.78 is 1.11. The van der Waals surface area contributed by atoms with Crippen LogP contribution in [0.15, 0.2) is 59.1 Å². The molecule has 6 heteroatoms. The molecule has 1 N–H and O–H groups in total. The maximum absolute atomic E-state index is 12.2. The van der Waals surface area contributed by atoms with Crippen molar-refractivity contribution in [3.63, 3.8) is 0 Å². The molecule has 2 amide bonds. The molecule has 0 radical (unpaired) electrons. The Bertz CT molecular complexity index is 814. The van der Waals surface area contributed by atoms with Crippen molar-refractivity contribution >= 4 is 39.5 Å². The molecule has 0 bridgehead atoms. The van der Waals surface area contributed by atoms with Crippen LogP contribution in [-0.4, -0.2) is 35.2 Å². The number of unbranched alkanes of at least 4 members (excludes halogenated alkanes) is 3. The number of rotatable bonds is 12. The summed E-state index contributed by atoms with van der Waals surface area (Å²) in [6.45, 7) is 0.857. The number of aryl methyl sites for hydroxylation is 1. The maximum Gasteiger partial charge on any atom is 0.239 e. The van der Waals surface area contributed by atoms with Crippen LogP contribution in [-0.2, 0) is 21.8 Å². The average Bonchev–Trinajstić information content (AvgIpc) is 2.76. The molecule has 0 aromatic heterocycles. The monoisotopic (exact) mass is 488 g/mol. The lowest BCUT2D eigenvalue weighted by atomic mass is 10.1. The number of hydrogen-bond acceptors (Lipinski definition) is 3. The second-order valence-electron chi connectivity index (χ2n) is 7.62. The van der Waals surface area contributed by atoms with E-state index in [0.717, 1.165) is 42.3 Å². The Morgan fingerprint density at radius 3 is 2.47 bits per heavy atom. The number of likely N-dealkylation sites (tertiary alicyclic amines) is 1. The van der Waals surface area contributed by atoms with Crippen LogP contribution in [0.2, 0.25) is 0 Å². The highest BCUT2D eigenvalue weighted by Crippen LogP contribution is 2.31. The van der Waals surface area contributed by atoms with E-state index in [1.165, 1.54) is 11.1 Å². The van der Waals surface area contributed by atoms with Gasteiger partial charge in [-0.1, -0.05) is 71.2 Å². The first kappa shape index (κ1) is 22.9. The molecule has 30 heavy (non-hydrogen) atoms. The Kier molecular flexibility index (Phi) is 9.27. The van der Waals surface area contributed by atoms with Gasteiger partial charge in [-0.2, -0.15) is 0 Å². The number of halogens is 1. The van der Waals surface area contributed by atoms with E-state index in [-0.39, 0.29) is 23.7 Å². The van der Waals surface area contributed by atoms with Crippen LogP contribution >= 0.6 is 27.7 Å². The molecule has 0 aliphatic carbocycles. The highest BCUT2D eigenvalue weighted by Gasteiger charge is 2.37. The van der Waals surface area contributed by atoms with E-state index in [1.54, 1.807) is 16.7 Å². The zero-order valence-corrected chi connectivity index (χ0v) is 19.6. The number of nitrogens with zero attached hydrogens (tertiary/aromatic N) is 1. The van der Waals surface area contributed by atoms with Crippen molar-refractivity contribution in [1.29, 1.82) is 0 Å². The lowest BCUT2D eigenvalue weighted by Crippen LogP contribution is -2.54. The van der Waals surface area contributed by atoms with Crippen molar-refractivity contribution in [1.82, 2.24) is 10.2 Å². The van der Waals surface area contributed by atoms with Gasteiger partial charge in [0.25, 0.3) is 0 Å². The fraction of sp³-hybridized carbons (Fsp3) is 0.417. The van der Waals surface area contributed by atoms with Gasteiger partial charge in [-0.05, 0) is 42.5 Å². The fourth-order valence-electron chi connectivity index (χ4n) is 3.43. The summed E-state index contributed by atoms with van der Waals surface area (Å²) in [5, 5.41) is 3.08. The second kappa shape index (κ2) is 12.2. The molecule has 2 aromatic carbocycles. The highest BCUT2D eigenvalue weighted by molar-refractivity contribution is 9.10. The lowest BCUT2D eigenvalue weighted by molar-refractivity contribution is -0.145. The third-order valence-electron chi connectivity index (χ3n) is 5.24. The van der Waals surface area contributed by atoms with E-state index in [4.69, 9.17) is 0 Å². The van der Waals surface area contributed by atoms with Crippen molar-refractivity contribution < 1.29 is 9.59 Å². The highest BCUT2D eigenvalue weighted by atomic mass is 79.9. The molecule has 1 unspecified atom stereocenters. The summed E-state index contributed by atoms with van der Waals surface area (Å²) in [6, 6.07) is 18.7. The number of hydrogen-bond donors (Lipinski definition) is 1. The number of carbonyl (C=O) groups is 2. The molecule has 160 valence electrons. The minimum absolute atomic E-state index is 0.0526. The number of β-lactam (4-membered cyclic amide) rings is 1. The van der Waals surface area contributed by atoms with Crippen molar-refractivity contribution in [2.45, 2.75) is 49.7 Å². The summed E-state index contributed by atoms with van der Waals surface area (Å²) in [5.41, 5.74) is 2.61. The standard InChI is InChI=1S/C24H29BrN2O2S/c25-21-13-11-19(12-14-21)8-4-1-2-7-15-26-22(28)17-27-23(29)16-24(27)30-18-20-9-5-3-6-10-20/h3,5-6,9-14,24H,1-2,4,7-8,15-18H2,(H,26,28). The Labute approximate surface area is 191 Å². The van der Waals surface area contributed by atoms with Gasteiger partial charge in [0, 0.05) is 16.8 Å². The van der Waals surface area contributed by atoms with Crippen LogP contribution < -0.4 is 5.32 Å². The van der Waals surface area contributed by atoms with E-state index in [1.807, 2.05) is 18.2 Å². The van der Waals surface area contributed by atoms with E-state index in [0.29, 0.717) is 13.0 Å². The van der Waals surface area contributed by atoms with Crippen molar-refractivity contribution in [2.75, 3.05) is 13.1 Å². The first-order valence-electron chi connectivity index (χ1n) is 10.6. The molecule has 1 aliphatic heterocycles. The predicted octanol–water partition coefficient (Wildman–Crippen LogP) is 5.16. The minimum Gasteiger partial charge on any atom is -0.355 e. The van der Waals surface area contributed by atoms with E-state index in [9.17, 15) is 9.59 Å². The van der Waals surface area contributed by atoms with Crippen LogP contribution in [0.4, 0.5) is 0 Å².